The topological polar surface area (TPSA) is 49.7 Å². The van der Waals surface area contributed by atoms with Crippen molar-refractivity contribution in [2.45, 2.75) is 78.1 Å². The van der Waals surface area contributed by atoms with Gasteiger partial charge in [0, 0.05) is 23.9 Å². The van der Waals surface area contributed by atoms with Gasteiger partial charge >= 0.3 is 0 Å². The minimum Gasteiger partial charge on any atom is -0.392 e. The van der Waals surface area contributed by atoms with Gasteiger partial charge in [-0.2, -0.15) is 0 Å². The molecule has 0 aromatic carbocycles. The Morgan fingerprint density at radius 2 is 1.83 bits per heavy atom. The second kappa shape index (κ2) is 5.69. The summed E-state index contributed by atoms with van der Waals surface area (Å²) in [5.41, 5.74) is 2.14. The van der Waals surface area contributed by atoms with E-state index in [1.807, 2.05) is 6.08 Å². The van der Waals surface area contributed by atoms with Crippen LogP contribution in [0.2, 0.25) is 0 Å². The minimum atomic E-state index is -0.427. The van der Waals surface area contributed by atoms with E-state index in [0.717, 1.165) is 25.7 Å². The van der Waals surface area contributed by atoms with Gasteiger partial charge in [-0.3, -0.25) is 0 Å². The lowest BCUT2D eigenvalue weighted by atomic mass is 9.46. The molecule has 1 saturated carbocycles. The third kappa shape index (κ3) is 2.28. The summed E-state index contributed by atoms with van der Waals surface area (Å²) in [4.78, 5) is 0. The predicted molar refractivity (Wildman–Crippen MR) is 96.6 cm³/mol. The van der Waals surface area contributed by atoms with Gasteiger partial charge in [-0.1, -0.05) is 39.3 Å². The Kier molecular flexibility index (Phi) is 4.30. The lowest BCUT2D eigenvalue weighted by molar-refractivity contribution is -0.140. The van der Waals surface area contributed by atoms with Crippen molar-refractivity contribution in [3.8, 4) is 0 Å². The predicted octanol–water partition coefficient (Wildman–Crippen LogP) is 3.85. The molecule has 3 rings (SSSR count). The van der Waals surface area contributed by atoms with E-state index in [4.69, 9.17) is 4.74 Å². The molecule has 0 amide bonds. The van der Waals surface area contributed by atoms with Crippen LogP contribution in [0.15, 0.2) is 23.8 Å². The molecule has 0 bridgehead atoms. The van der Waals surface area contributed by atoms with Crippen LogP contribution in [0.3, 0.4) is 0 Å². The van der Waals surface area contributed by atoms with E-state index in [1.54, 1.807) is 7.11 Å². The summed E-state index contributed by atoms with van der Waals surface area (Å²) in [6.45, 7) is 12.9. The summed E-state index contributed by atoms with van der Waals surface area (Å²) < 4.78 is 5.91. The number of rotatable bonds is 2. The number of methoxy groups -OCH3 is 1. The number of aliphatic hydroxyl groups is 2. The van der Waals surface area contributed by atoms with Crippen molar-refractivity contribution in [1.82, 2.24) is 0 Å². The van der Waals surface area contributed by atoms with Gasteiger partial charge in [-0.05, 0) is 43.1 Å². The summed E-state index contributed by atoms with van der Waals surface area (Å²) in [5.74, 6) is 0.0955. The highest BCUT2D eigenvalue weighted by atomic mass is 16.5. The van der Waals surface area contributed by atoms with Gasteiger partial charge in [0.05, 0.1) is 18.3 Å². The Morgan fingerprint density at radius 3 is 2.42 bits per heavy atom. The van der Waals surface area contributed by atoms with Crippen molar-refractivity contribution in [3.05, 3.63) is 23.8 Å². The Morgan fingerprint density at radius 1 is 1.17 bits per heavy atom. The Hall–Kier alpha value is -0.640. The van der Waals surface area contributed by atoms with Gasteiger partial charge in [0.25, 0.3) is 0 Å². The number of hydrogen-bond acceptors (Lipinski definition) is 3. The van der Waals surface area contributed by atoms with Crippen LogP contribution in [-0.4, -0.2) is 35.6 Å². The third-order valence-corrected chi connectivity index (χ3v) is 7.63. The van der Waals surface area contributed by atoms with Crippen LogP contribution in [-0.2, 0) is 4.74 Å². The average Bonchev–Trinajstić information content (AvgIpc) is 2.51. The summed E-state index contributed by atoms with van der Waals surface area (Å²) >= 11 is 0. The maximum atomic E-state index is 11.1. The van der Waals surface area contributed by atoms with Crippen molar-refractivity contribution >= 4 is 0 Å². The zero-order valence-corrected chi connectivity index (χ0v) is 15.9. The van der Waals surface area contributed by atoms with Crippen LogP contribution in [0.25, 0.3) is 0 Å². The van der Waals surface area contributed by atoms with Crippen LogP contribution in [0.4, 0.5) is 0 Å². The first kappa shape index (κ1) is 18.2. The van der Waals surface area contributed by atoms with E-state index in [0.29, 0.717) is 6.42 Å². The molecule has 0 aliphatic heterocycles. The molecule has 0 heterocycles. The Bertz CT molecular complexity index is 563. The van der Waals surface area contributed by atoms with Crippen LogP contribution in [0, 0.1) is 22.2 Å². The molecule has 3 nitrogen and oxygen atoms in total. The lowest BCUT2D eigenvalue weighted by Gasteiger charge is -2.61. The quantitative estimate of drug-likeness (QED) is 0.754. The van der Waals surface area contributed by atoms with Gasteiger partial charge in [0.2, 0.25) is 0 Å². The van der Waals surface area contributed by atoms with Crippen molar-refractivity contribution in [2.75, 3.05) is 7.11 Å². The number of ether oxygens (including phenoxy) is 1. The van der Waals surface area contributed by atoms with Gasteiger partial charge in [-0.25, -0.2) is 0 Å². The van der Waals surface area contributed by atoms with Crippen molar-refractivity contribution in [1.29, 1.82) is 0 Å². The molecule has 1 fully saturated rings. The highest BCUT2D eigenvalue weighted by Gasteiger charge is 2.60. The largest absolute Gasteiger partial charge is 0.392 e. The Labute approximate surface area is 146 Å². The molecule has 3 aliphatic carbocycles. The molecule has 3 heteroatoms. The summed E-state index contributed by atoms with van der Waals surface area (Å²) in [7, 11) is 1.75. The van der Waals surface area contributed by atoms with E-state index in [-0.39, 0.29) is 34.4 Å². The second-order valence-electron chi connectivity index (χ2n) is 9.40. The van der Waals surface area contributed by atoms with E-state index in [1.165, 1.54) is 11.1 Å². The fourth-order valence-corrected chi connectivity index (χ4v) is 6.34. The minimum absolute atomic E-state index is 0.0354. The molecule has 0 unspecified atom stereocenters. The van der Waals surface area contributed by atoms with Gasteiger partial charge < -0.3 is 14.9 Å². The fourth-order valence-electron chi connectivity index (χ4n) is 6.34. The zero-order chi connectivity index (χ0) is 17.9. The normalized spacial score (nSPS) is 47.8. The third-order valence-electron chi connectivity index (χ3n) is 7.63. The van der Waals surface area contributed by atoms with Crippen LogP contribution in [0.1, 0.15) is 59.8 Å². The summed E-state index contributed by atoms with van der Waals surface area (Å²) in [6, 6.07) is 0. The first-order valence-electron chi connectivity index (χ1n) is 9.36. The molecule has 24 heavy (non-hydrogen) atoms. The molecule has 3 aliphatic rings. The fraction of sp³-hybridized carbons (Fsp3) is 0.810. The molecule has 6 atom stereocenters. The summed E-state index contributed by atoms with van der Waals surface area (Å²) in [5, 5.41) is 22.1. The van der Waals surface area contributed by atoms with Gasteiger partial charge in [-0.15, -0.1) is 6.58 Å². The molecular formula is C21H34O3. The average molecular weight is 335 g/mol. The molecule has 0 saturated heterocycles. The SMILES string of the molecule is C=C[C@@]1(C)CCC2=C(C[C@@H](O)[C@H]3C(C)(C)CC[C@H](O)[C@]23C)[C@@H]1OC. The van der Waals surface area contributed by atoms with Gasteiger partial charge in [0.15, 0.2) is 0 Å². The van der Waals surface area contributed by atoms with E-state index < -0.39 is 6.10 Å². The molecular weight excluding hydrogens is 300 g/mol. The smallest absolute Gasteiger partial charge is 0.0872 e. The van der Waals surface area contributed by atoms with Crippen LogP contribution < -0.4 is 0 Å². The highest BCUT2D eigenvalue weighted by molar-refractivity contribution is 5.38. The highest BCUT2D eigenvalue weighted by Crippen LogP contribution is 2.63. The van der Waals surface area contributed by atoms with Crippen molar-refractivity contribution in [3.63, 3.8) is 0 Å². The summed E-state index contributed by atoms with van der Waals surface area (Å²) in [6.07, 6.45) is 5.52. The molecule has 0 aromatic rings. The number of aliphatic hydroxyl groups excluding tert-OH is 2. The van der Waals surface area contributed by atoms with Crippen LogP contribution >= 0.6 is 0 Å². The van der Waals surface area contributed by atoms with E-state index in [2.05, 4.69) is 34.3 Å². The molecule has 0 aromatic heterocycles. The monoisotopic (exact) mass is 334 g/mol. The van der Waals surface area contributed by atoms with Crippen molar-refractivity contribution in [2.24, 2.45) is 22.2 Å². The molecule has 0 radical (unpaired) electrons. The second-order valence-corrected chi connectivity index (χ2v) is 9.40. The lowest BCUT2D eigenvalue weighted by Crippen LogP contribution is -2.60. The Balaban J connectivity index is 2.17. The molecule has 0 spiro atoms. The molecule has 2 N–H and O–H groups in total. The van der Waals surface area contributed by atoms with Crippen LogP contribution in [0.5, 0.6) is 0 Å². The molecule has 136 valence electrons. The first-order valence-corrected chi connectivity index (χ1v) is 9.36. The standard InChI is InChI=1S/C21H34O3/c1-7-20(4)11-8-14-13(18(20)24-6)12-15(22)17-19(2,3)10-9-16(23)21(14,17)5/h7,15-18,22-23H,1,8-12H2,2-6H3/t15-,16+,17+,18+,20+,21+/m1/s1. The first-order chi connectivity index (χ1) is 11.1. The number of fused-ring (bicyclic) bond motifs is 2. The zero-order valence-electron chi connectivity index (χ0n) is 15.9. The van der Waals surface area contributed by atoms with Crippen molar-refractivity contribution < 1.29 is 14.9 Å². The number of hydrogen-bond donors (Lipinski definition) is 2. The maximum absolute atomic E-state index is 11.1. The van der Waals surface area contributed by atoms with Gasteiger partial charge in [0.1, 0.15) is 0 Å². The maximum Gasteiger partial charge on any atom is 0.0872 e. The van der Waals surface area contributed by atoms with E-state index >= 15 is 0 Å². The van der Waals surface area contributed by atoms with E-state index in [9.17, 15) is 10.2 Å².